The van der Waals surface area contributed by atoms with Gasteiger partial charge in [-0.3, -0.25) is 4.79 Å². The molecule has 0 heterocycles. The highest BCUT2D eigenvalue weighted by Gasteiger charge is 2.21. The monoisotopic (exact) mass is 391 g/mol. The molecular weight excluding hydrogens is 373 g/mol. The van der Waals surface area contributed by atoms with Gasteiger partial charge in [0.1, 0.15) is 11.8 Å². The van der Waals surface area contributed by atoms with E-state index in [0.717, 1.165) is 16.4 Å². The van der Waals surface area contributed by atoms with Crippen molar-refractivity contribution in [2.24, 2.45) is 0 Å². The van der Waals surface area contributed by atoms with Crippen molar-refractivity contribution in [3.05, 3.63) is 27.3 Å². The molecule has 5 nitrogen and oxygen atoms in total. The number of carbonyl (C=O) groups excluding carboxylic acids is 1. The van der Waals surface area contributed by atoms with Crippen molar-refractivity contribution in [1.82, 2.24) is 5.32 Å². The van der Waals surface area contributed by atoms with Crippen LogP contribution in [0, 0.1) is 3.57 Å². The van der Waals surface area contributed by atoms with Gasteiger partial charge in [-0.05, 0) is 47.2 Å². The number of unbranched alkanes of at least 4 members (excludes halogenated alkanes) is 1. The van der Waals surface area contributed by atoms with Gasteiger partial charge in [0, 0.05) is 3.57 Å². The number of carboxylic acids is 1. The van der Waals surface area contributed by atoms with Gasteiger partial charge in [0.2, 0.25) is 0 Å². The van der Waals surface area contributed by atoms with E-state index in [9.17, 15) is 9.59 Å². The van der Waals surface area contributed by atoms with E-state index in [1.165, 1.54) is 0 Å². The number of hydrogen-bond donors (Lipinski definition) is 2. The van der Waals surface area contributed by atoms with Gasteiger partial charge in [0.25, 0.3) is 5.91 Å². The molecule has 0 aliphatic heterocycles. The second-order valence-electron chi connectivity index (χ2n) is 4.35. The van der Waals surface area contributed by atoms with E-state index < -0.39 is 12.0 Å². The molecule has 0 spiro atoms. The molecule has 0 aliphatic rings. The third kappa shape index (κ3) is 4.66. The minimum absolute atomic E-state index is 0.374. The van der Waals surface area contributed by atoms with Crippen LogP contribution in [0.3, 0.4) is 0 Å². The number of rotatable bonds is 7. The third-order valence-electron chi connectivity index (χ3n) is 2.87. The van der Waals surface area contributed by atoms with Gasteiger partial charge in [-0.25, -0.2) is 4.79 Å². The van der Waals surface area contributed by atoms with Crippen LogP contribution in [0.15, 0.2) is 18.2 Å². The SMILES string of the molecule is CCCCC(NC(=O)c1ccc(OC)cc1I)C(=O)O. The fourth-order valence-electron chi connectivity index (χ4n) is 1.71. The standard InChI is InChI=1S/C14H18INO4/c1-3-4-5-12(14(18)19)16-13(17)10-7-6-9(20-2)8-11(10)15/h6-8,12H,3-5H2,1-2H3,(H,16,17)(H,18,19). The van der Waals surface area contributed by atoms with Crippen LogP contribution in [-0.2, 0) is 4.79 Å². The highest BCUT2D eigenvalue weighted by atomic mass is 127. The first-order valence-corrected chi connectivity index (χ1v) is 7.44. The number of halogens is 1. The molecule has 1 aromatic carbocycles. The maximum Gasteiger partial charge on any atom is 0.326 e. The van der Waals surface area contributed by atoms with E-state index in [4.69, 9.17) is 9.84 Å². The number of ether oxygens (including phenoxy) is 1. The molecule has 0 saturated carbocycles. The van der Waals surface area contributed by atoms with Crippen molar-refractivity contribution in [2.75, 3.05) is 7.11 Å². The molecule has 0 bridgehead atoms. The number of benzene rings is 1. The predicted molar refractivity (Wildman–Crippen MR) is 84.1 cm³/mol. The van der Waals surface area contributed by atoms with Crippen molar-refractivity contribution in [2.45, 2.75) is 32.2 Å². The Morgan fingerprint density at radius 2 is 2.15 bits per heavy atom. The Balaban J connectivity index is 2.80. The van der Waals surface area contributed by atoms with Gasteiger partial charge >= 0.3 is 5.97 Å². The molecule has 0 aliphatic carbocycles. The van der Waals surface area contributed by atoms with Crippen molar-refractivity contribution < 1.29 is 19.4 Å². The molecule has 2 N–H and O–H groups in total. The van der Waals surface area contributed by atoms with Gasteiger partial charge < -0.3 is 15.2 Å². The molecule has 1 aromatic rings. The quantitative estimate of drug-likeness (QED) is 0.701. The largest absolute Gasteiger partial charge is 0.497 e. The first-order valence-electron chi connectivity index (χ1n) is 6.36. The topological polar surface area (TPSA) is 75.6 Å². The molecule has 1 unspecified atom stereocenters. The van der Waals surface area contributed by atoms with Crippen LogP contribution in [0.1, 0.15) is 36.5 Å². The van der Waals surface area contributed by atoms with Gasteiger partial charge in [-0.1, -0.05) is 19.8 Å². The average Bonchev–Trinajstić information content (AvgIpc) is 2.42. The maximum atomic E-state index is 12.1. The van der Waals surface area contributed by atoms with Crippen LogP contribution >= 0.6 is 22.6 Å². The molecule has 0 aromatic heterocycles. The van der Waals surface area contributed by atoms with Gasteiger partial charge in [0.05, 0.1) is 12.7 Å². The summed E-state index contributed by atoms with van der Waals surface area (Å²) in [6.45, 7) is 1.98. The van der Waals surface area contributed by atoms with Gasteiger partial charge in [-0.15, -0.1) is 0 Å². The molecular formula is C14H18INO4. The summed E-state index contributed by atoms with van der Waals surface area (Å²) in [5.41, 5.74) is 0.453. The van der Waals surface area contributed by atoms with E-state index >= 15 is 0 Å². The Kier molecular flexibility index (Phi) is 6.77. The Morgan fingerprint density at radius 1 is 1.45 bits per heavy atom. The van der Waals surface area contributed by atoms with Gasteiger partial charge in [-0.2, -0.15) is 0 Å². The summed E-state index contributed by atoms with van der Waals surface area (Å²) in [7, 11) is 1.55. The highest BCUT2D eigenvalue weighted by molar-refractivity contribution is 14.1. The Morgan fingerprint density at radius 3 is 2.65 bits per heavy atom. The summed E-state index contributed by atoms with van der Waals surface area (Å²) in [5.74, 6) is -0.720. The summed E-state index contributed by atoms with van der Waals surface area (Å²) in [6.07, 6.45) is 2.08. The van der Waals surface area contributed by atoms with Crippen molar-refractivity contribution in [3.63, 3.8) is 0 Å². The smallest absolute Gasteiger partial charge is 0.326 e. The number of methoxy groups -OCH3 is 1. The van der Waals surface area contributed by atoms with Crippen LogP contribution in [0.2, 0.25) is 0 Å². The van der Waals surface area contributed by atoms with E-state index in [0.29, 0.717) is 17.7 Å². The normalized spacial score (nSPS) is 11.8. The molecule has 0 fully saturated rings. The third-order valence-corrected chi connectivity index (χ3v) is 3.76. The van der Waals surface area contributed by atoms with E-state index in [1.807, 2.05) is 29.5 Å². The molecule has 1 amide bonds. The zero-order chi connectivity index (χ0) is 15.1. The number of aliphatic carboxylic acids is 1. The second kappa shape index (κ2) is 8.08. The lowest BCUT2D eigenvalue weighted by Crippen LogP contribution is -2.41. The van der Waals surface area contributed by atoms with E-state index in [-0.39, 0.29) is 5.91 Å². The van der Waals surface area contributed by atoms with Crippen LogP contribution in [0.25, 0.3) is 0 Å². The summed E-state index contributed by atoms with van der Waals surface area (Å²) in [6, 6.07) is 4.20. The Hall–Kier alpha value is -1.31. The lowest BCUT2D eigenvalue weighted by atomic mass is 10.1. The van der Waals surface area contributed by atoms with E-state index in [2.05, 4.69) is 5.32 Å². The number of carboxylic acid groups (broad SMARTS) is 1. The molecule has 20 heavy (non-hydrogen) atoms. The predicted octanol–water partition coefficient (Wildman–Crippen LogP) is 2.67. The van der Waals surface area contributed by atoms with Crippen LogP contribution < -0.4 is 10.1 Å². The Labute approximate surface area is 131 Å². The van der Waals surface area contributed by atoms with Crippen molar-refractivity contribution in [1.29, 1.82) is 0 Å². The highest BCUT2D eigenvalue weighted by Crippen LogP contribution is 2.19. The molecule has 1 rings (SSSR count). The molecule has 0 radical (unpaired) electrons. The first-order chi connectivity index (χ1) is 9.49. The summed E-state index contributed by atoms with van der Waals surface area (Å²) in [4.78, 5) is 23.2. The van der Waals surface area contributed by atoms with Crippen LogP contribution in [0.4, 0.5) is 0 Å². The number of hydrogen-bond acceptors (Lipinski definition) is 3. The average molecular weight is 391 g/mol. The lowest BCUT2D eigenvalue weighted by Gasteiger charge is -2.15. The van der Waals surface area contributed by atoms with Gasteiger partial charge in [0.15, 0.2) is 0 Å². The fraction of sp³-hybridized carbons (Fsp3) is 0.429. The van der Waals surface area contributed by atoms with Crippen molar-refractivity contribution >= 4 is 34.5 Å². The molecule has 0 saturated heterocycles. The maximum absolute atomic E-state index is 12.1. The van der Waals surface area contributed by atoms with Crippen LogP contribution in [-0.4, -0.2) is 30.1 Å². The number of amides is 1. The fourth-order valence-corrected chi connectivity index (χ4v) is 2.44. The molecule has 110 valence electrons. The van der Waals surface area contributed by atoms with E-state index in [1.54, 1.807) is 25.3 Å². The zero-order valence-electron chi connectivity index (χ0n) is 11.5. The minimum atomic E-state index is -1.00. The summed E-state index contributed by atoms with van der Waals surface area (Å²) >= 11 is 2.03. The summed E-state index contributed by atoms with van der Waals surface area (Å²) in [5, 5.41) is 11.7. The minimum Gasteiger partial charge on any atom is -0.497 e. The molecule has 1 atom stereocenters. The van der Waals surface area contributed by atoms with Crippen LogP contribution in [0.5, 0.6) is 5.75 Å². The number of carbonyl (C=O) groups is 2. The number of nitrogens with one attached hydrogen (secondary N) is 1. The van der Waals surface area contributed by atoms with Crippen molar-refractivity contribution in [3.8, 4) is 5.75 Å². The second-order valence-corrected chi connectivity index (χ2v) is 5.51. The zero-order valence-corrected chi connectivity index (χ0v) is 13.6. The first kappa shape index (κ1) is 16.7. The summed E-state index contributed by atoms with van der Waals surface area (Å²) < 4.78 is 5.79. The Bertz CT molecular complexity index is 490. The lowest BCUT2D eigenvalue weighted by molar-refractivity contribution is -0.139. The molecule has 6 heteroatoms.